The van der Waals surface area contributed by atoms with E-state index in [1.807, 2.05) is 31.4 Å². The van der Waals surface area contributed by atoms with Crippen molar-refractivity contribution in [3.63, 3.8) is 0 Å². The highest BCUT2D eigenvalue weighted by Gasteiger charge is 2.15. The van der Waals surface area contributed by atoms with Gasteiger partial charge in [-0.25, -0.2) is 8.78 Å². The first kappa shape index (κ1) is 39.3. The number of aromatic nitrogens is 3. The Morgan fingerprint density at radius 1 is 0.717 bits per heavy atom. The number of carbonyl (C=O) groups excluding carboxylic acids is 3. The molecule has 0 bridgehead atoms. The third-order valence-corrected chi connectivity index (χ3v) is 7.62. The second kappa shape index (κ2) is 19.8. The van der Waals surface area contributed by atoms with Gasteiger partial charge in [0.05, 0.1) is 4.88 Å². The van der Waals surface area contributed by atoms with Gasteiger partial charge in [0.25, 0.3) is 17.7 Å². The van der Waals surface area contributed by atoms with Gasteiger partial charge < -0.3 is 29.5 Å². The largest absolute Gasteiger partial charge is 0.355 e. The predicted octanol–water partition coefficient (Wildman–Crippen LogP) is 7.58. The minimum atomic E-state index is -0.341. The van der Waals surface area contributed by atoms with Gasteiger partial charge in [-0.15, -0.1) is 24.5 Å². The number of carbonyl (C=O) groups is 3. The van der Waals surface area contributed by atoms with Gasteiger partial charge in [0, 0.05) is 49.0 Å². The van der Waals surface area contributed by atoms with E-state index >= 15 is 0 Å². The number of nitrogens with zero attached hydrogens (tertiary/aromatic N) is 3. The lowest BCUT2D eigenvalue weighted by Gasteiger charge is -2.04. The van der Waals surface area contributed by atoms with Gasteiger partial charge in [-0.1, -0.05) is 47.5 Å². The third-order valence-electron chi connectivity index (χ3n) is 6.74. The summed E-state index contributed by atoms with van der Waals surface area (Å²) in [5.41, 5.74) is 2.33. The summed E-state index contributed by atoms with van der Waals surface area (Å²) in [4.78, 5) is 35.8. The first-order valence-electron chi connectivity index (χ1n) is 16.1. The maximum atomic E-state index is 12.8. The summed E-state index contributed by atoms with van der Waals surface area (Å²) < 4.78 is 40.7. The Morgan fingerprint density at radius 2 is 1.26 bits per heavy atom. The Morgan fingerprint density at radius 3 is 1.79 bits per heavy atom. The van der Waals surface area contributed by atoms with Gasteiger partial charge >= 0.3 is 0 Å². The number of rotatable bonds is 12. The van der Waals surface area contributed by atoms with E-state index in [9.17, 15) is 23.2 Å². The van der Waals surface area contributed by atoms with Crippen LogP contribution in [-0.2, 0) is 0 Å². The molecule has 274 valence electrons. The number of hydrogen-bond acceptors (Lipinski definition) is 10. The number of hydrogen-bond donors (Lipinski definition) is 3. The van der Waals surface area contributed by atoms with Crippen molar-refractivity contribution in [2.75, 3.05) is 19.6 Å². The van der Waals surface area contributed by atoms with E-state index in [1.54, 1.807) is 48.6 Å². The van der Waals surface area contributed by atoms with Crippen LogP contribution in [0.25, 0.3) is 33.2 Å². The monoisotopic (exact) mass is 742 g/mol. The first-order valence-corrected chi connectivity index (χ1v) is 17.0. The molecule has 0 unspecified atom stereocenters. The van der Waals surface area contributed by atoms with Crippen molar-refractivity contribution in [2.45, 2.75) is 13.8 Å². The first-order chi connectivity index (χ1) is 25.6. The van der Waals surface area contributed by atoms with Crippen LogP contribution in [0.2, 0.25) is 0 Å². The molecule has 0 aliphatic carbocycles. The van der Waals surface area contributed by atoms with Crippen LogP contribution in [0.4, 0.5) is 8.78 Å². The molecular weight excluding hydrogens is 707 g/mol. The topological polar surface area (TPSA) is 165 Å². The molecular formula is C38H36F2N6O6S. The van der Waals surface area contributed by atoms with E-state index in [2.05, 4.69) is 44.6 Å². The molecule has 6 aromatic rings. The summed E-state index contributed by atoms with van der Waals surface area (Å²) in [6.07, 6.45) is 3.18. The van der Waals surface area contributed by atoms with Crippen LogP contribution in [0.3, 0.4) is 0 Å². The molecule has 0 radical (unpaired) electrons. The number of amides is 3. The molecule has 12 nitrogen and oxygen atoms in total. The smallest absolute Gasteiger partial charge is 0.289 e. The summed E-state index contributed by atoms with van der Waals surface area (Å²) in [5.74, 6) is -0.00156. The zero-order valence-electron chi connectivity index (χ0n) is 28.8. The minimum Gasteiger partial charge on any atom is -0.355 e. The summed E-state index contributed by atoms with van der Waals surface area (Å²) >= 11 is 1.54. The zero-order valence-corrected chi connectivity index (χ0v) is 29.6. The van der Waals surface area contributed by atoms with Crippen molar-refractivity contribution in [2.24, 2.45) is 5.92 Å². The summed E-state index contributed by atoms with van der Waals surface area (Å²) in [6, 6.07) is 20.1. The van der Waals surface area contributed by atoms with Crippen molar-refractivity contribution in [1.82, 2.24) is 31.4 Å². The average molecular weight is 743 g/mol. The molecule has 15 heteroatoms. The van der Waals surface area contributed by atoms with Crippen LogP contribution in [0.5, 0.6) is 0 Å². The van der Waals surface area contributed by atoms with Crippen molar-refractivity contribution >= 4 is 29.1 Å². The van der Waals surface area contributed by atoms with Crippen molar-refractivity contribution in [3.05, 3.63) is 138 Å². The van der Waals surface area contributed by atoms with Gasteiger partial charge in [0.1, 0.15) is 17.3 Å². The van der Waals surface area contributed by atoms with Crippen molar-refractivity contribution in [3.8, 4) is 33.2 Å². The van der Waals surface area contributed by atoms with Crippen molar-refractivity contribution in [1.29, 1.82) is 0 Å². The van der Waals surface area contributed by atoms with E-state index in [-0.39, 0.29) is 46.5 Å². The standard InChI is InChI=1S/C14H15FN2O2.C13H11FN2O2.C11H10N2O2S/c1-9(2)8-16-14(18)13-7-12(17-19-13)10-3-5-11(15)6-4-10;1-2-7-15-13(17)11-8-12(18-16-11)9-3-5-10(14)6-4-9;1-2-5-12-11(14)8-7-9(15-13-8)10-4-3-6-16-10/h3-7,9H,8H2,1-2H3,(H,16,18);2-6,8H,1,7H2,(H,15,17);2-4,6-7H,1,5H2,(H,12,14). The van der Waals surface area contributed by atoms with Crippen LogP contribution >= 0.6 is 11.3 Å². The number of thiophene rings is 1. The maximum Gasteiger partial charge on any atom is 0.289 e. The fourth-order valence-electron chi connectivity index (χ4n) is 4.08. The molecule has 0 saturated heterocycles. The van der Waals surface area contributed by atoms with Crippen LogP contribution in [0.1, 0.15) is 45.4 Å². The van der Waals surface area contributed by atoms with E-state index in [4.69, 9.17) is 13.6 Å². The molecule has 0 aliphatic heterocycles. The molecule has 4 heterocycles. The summed E-state index contributed by atoms with van der Waals surface area (Å²) in [5, 5.41) is 21.1. The molecule has 4 aromatic heterocycles. The lowest BCUT2D eigenvalue weighted by atomic mass is 10.1. The molecule has 3 N–H and O–H groups in total. The quantitative estimate of drug-likeness (QED) is 0.107. The van der Waals surface area contributed by atoms with E-state index in [0.717, 1.165) is 4.88 Å². The highest BCUT2D eigenvalue weighted by Crippen LogP contribution is 2.25. The Bertz CT molecular complexity index is 2090. The molecule has 3 amide bonds. The molecule has 0 saturated carbocycles. The normalized spacial score (nSPS) is 10.3. The Hall–Kier alpha value is -6.48. The molecule has 0 spiro atoms. The van der Waals surface area contributed by atoms with Crippen LogP contribution in [-0.4, -0.2) is 52.8 Å². The van der Waals surface area contributed by atoms with E-state index < -0.39 is 0 Å². The van der Waals surface area contributed by atoms with Gasteiger partial charge in [0.15, 0.2) is 22.9 Å². The minimum absolute atomic E-state index is 0.153. The van der Waals surface area contributed by atoms with E-state index in [0.29, 0.717) is 53.9 Å². The van der Waals surface area contributed by atoms with Gasteiger partial charge in [-0.2, -0.15) is 0 Å². The molecule has 53 heavy (non-hydrogen) atoms. The van der Waals surface area contributed by atoms with Gasteiger partial charge in [0.2, 0.25) is 5.76 Å². The Labute approximate surface area is 307 Å². The fourth-order valence-corrected chi connectivity index (χ4v) is 4.76. The fraction of sp³-hybridized carbons (Fsp3) is 0.158. The summed E-state index contributed by atoms with van der Waals surface area (Å²) in [6.45, 7) is 12.4. The Balaban J connectivity index is 0.000000178. The molecule has 2 aromatic carbocycles. The molecule has 0 fully saturated rings. The summed E-state index contributed by atoms with van der Waals surface area (Å²) in [7, 11) is 0. The van der Waals surface area contributed by atoms with Crippen LogP contribution < -0.4 is 16.0 Å². The zero-order chi connectivity index (χ0) is 38.2. The van der Waals surface area contributed by atoms with Gasteiger partial charge in [-0.05, 0) is 65.9 Å². The maximum absolute atomic E-state index is 12.8. The second-order valence-corrected chi connectivity index (χ2v) is 12.3. The highest BCUT2D eigenvalue weighted by atomic mass is 32.1. The second-order valence-electron chi connectivity index (χ2n) is 11.3. The average Bonchev–Trinajstić information content (AvgIpc) is 4.00. The molecule has 0 aliphatic rings. The SMILES string of the molecule is C=CCNC(=O)c1cc(-c2ccc(F)cc2)on1.C=CCNC(=O)c1cc(-c2cccs2)on1.CC(C)CNC(=O)c1cc(-c2ccc(F)cc2)no1. The third kappa shape index (κ3) is 12.1. The molecule has 6 rings (SSSR count). The predicted molar refractivity (Wildman–Crippen MR) is 196 cm³/mol. The molecule has 0 atom stereocenters. The lowest BCUT2D eigenvalue weighted by molar-refractivity contribution is 0.0909. The van der Waals surface area contributed by atoms with Crippen LogP contribution in [0, 0.1) is 17.6 Å². The number of benzene rings is 2. The number of nitrogens with one attached hydrogen (secondary N) is 3. The van der Waals surface area contributed by atoms with Crippen LogP contribution in [0.15, 0.2) is 123 Å². The van der Waals surface area contributed by atoms with E-state index in [1.165, 1.54) is 41.7 Å². The Kier molecular flexibility index (Phi) is 14.7. The van der Waals surface area contributed by atoms with Crippen molar-refractivity contribution < 1.29 is 36.7 Å². The van der Waals surface area contributed by atoms with Gasteiger partial charge in [-0.3, -0.25) is 14.4 Å². The highest BCUT2D eigenvalue weighted by molar-refractivity contribution is 7.13. The number of halogens is 2. The lowest BCUT2D eigenvalue weighted by Crippen LogP contribution is -2.26.